The van der Waals surface area contributed by atoms with Crippen molar-refractivity contribution in [2.75, 3.05) is 14.1 Å². The van der Waals surface area contributed by atoms with E-state index < -0.39 is 0 Å². The minimum Gasteiger partial charge on any atom is -0.361 e. The van der Waals surface area contributed by atoms with E-state index in [0.29, 0.717) is 18.2 Å². The number of likely N-dealkylation sites (N-methyl/N-ethyl adjacent to an activating group) is 1. The summed E-state index contributed by atoms with van der Waals surface area (Å²) < 4.78 is 0. The number of nitrogens with one attached hydrogen (secondary N) is 1. The number of carbonyl (C=O) groups is 1. The summed E-state index contributed by atoms with van der Waals surface area (Å²) in [7, 11) is 4.22. The number of hydrogen-bond donors (Lipinski definition) is 1. The predicted octanol–water partition coefficient (Wildman–Crippen LogP) is 4.79. The van der Waals surface area contributed by atoms with Gasteiger partial charge in [0.15, 0.2) is 0 Å². The number of rotatable bonds is 8. The van der Waals surface area contributed by atoms with Crippen LogP contribution in [0.25, 0.3) is 10.9 Å². The molecule has 1 heterocycles. The lowest BCUT2D eigenvalue weighted by Crippen LogP contribution is -2.33. The standard InChI is InChI=1S/C23H28N2O/c1-4-23(26)21(17-10-6-5-7-11-17)15-19(25(2)3)14-18-16-24-22-13-9-8-12-20(18)22/h5-13,16,19,21,24H,4,14-15H2,1-3H3/t19-,21-/m0/s1. The molecule has 3 heteroatoms. The van der Waals surface area contributed by atoms with Crippen molar-refractivity contribution in [3.63, 3.8) is 0 Å². The van der Waals surface area contributed by atoms with Gasteiger partial charge >= 0.3 is 0 Å². The van der Waals surface area contributed by atoms with Crippen LogP contribution in [0.3, 0.4) is 0 Å². The zero-order valence-electron chi connectivity index (χ0n) is 15.9. The summed E-state index contributed by atoms with van der Waals surface area (Å²) in [6, 6.07) is 18.9. The average molecular weight is 348 g/mol. The molecule has 0 spiro atoms. The Morgan fingerprint density at radius 3 is 2.42 bits per heavy atom. The molecule has 3 aromatic rings. The summed E-state index contributed by atoms with van der Waals surface area (Å²) in [4.78, 5) is 18.3. The van der Waals surface area contributed by atoms with E-state index in [1.165, 1.54) is 16.5 Å². The summed E-state index contributed by atoms with van der Waals surface area (Å²) in [6.07, 6.45) is 4.45. The van der Waals surface area contributed by atoms with Gasteiger partial charge in [-0.15, -0.1) is 0 Å². The number of hydrogen-bond acceptors (Lipinski definition) is 2. The van der Waals surface area contributed by atoms with Crippen LogP contribution in [0.5, 0.6) is 0 Å². The van der Waals surface area contributed by atoms with Gasteiger partial charge in [0.1, 0.15) is 5.78 Å². The van der Waals surface area contributed by atoms with Crippen molar-refractivity contribution < 1.29 is 4.79 Å². The number of H-pyrrole nitrogens is 1. The lowest BCUT2D eigenvalue weighted by molar-refractivity contribution is -0.120. The Morgan fingerprint density at radius 2 is 1.73 bits per heavy atom. The first-order chi connectivity index (χ1) is 12.6. The second kappa shape index (κ2) is 8.33. The second-order valence-corrected chi connectivity index (χ2v) is 7.20. The number of aromatic amines is 1. The smallest absolute Gasteiger partial charge is 0.140 e. The van der Waals surface area contributed by atoms with Gasteiger partial charge in [-0.1, -0.05) is 55.5 Å². The van der Waals surface area contributed by atoms with Crippen molar-refractivity contribution in [1.82, 2.24) is 9.88 Å². The molecule has 2 atom stereocenters. The molecule has 0 aliphatic heterocycles. The third kappa shape index (κ3) is 4.05. The number of Topliss-reactive ketones (excluding diaryl/α,β-unsaturated/α-hetero) is 1. The van der Waals surface area contributed by atoms with Crippen LogP contribution >= 0.6 is 0 Å². The van der Waals surface area contributed by atoms with Crippen molar-refractivity contribution in [3.05, 3.63) is 71.9 Å². The summed E-state index contributed by atoms with van der Waals surface area (Å²) in [5.41, 5.74) is 3.62. The van der Waals surface area contributed by atoms with E-state index in [4.69, 9.17) is 0 Å². The lowest BCUT2D eigenvalue weighted by atomic mass is 9.85. The van der Waals surface area contributed by atoms with Crippen molar-refractivity contribution in [2.45, 2.75) is 38.1 Å². The molecule has 0 aliphatic carbocycles. The molecular formula is C23H28N2O. The van der Waals surface area contributed by atoms with E-state index in [2.05, 4.69) is 66.6 Å². The van der Waals surface area contributed by atoms with Gasteiger partial charge in [0.2, 0.25) is 0 Å². The van der Waals surface area contributed by atoms with Gasteiger partial charge in [-0.3, -0.25) is 4.79 Å². The number of nitrogens with zero attached hydrogens (tertiary/aromatic N) is 1. The third-order valence-corrected chi connectivity index (χ3v) is 5.31. The van der Waals surface area contributed by atoms with E-state index in [0.717, 1.165) is 18.4 Å². The Hall–Kier alpha value is -2.39. The minimum absolute atomic E-state index is 0.0428. The number of aromatic nitrogens is 1. The highest BCUT2D eigenvalue weighted by Crippen LogP contribution is 2.28. The molecule has 0 saturated heterocycles. The molecular weight excluding hydrogens is 320 g/mol. The normalized spacial score (nSPS) is 13.8. The van der Waals surface area contributed by atoms with Crippen molar-refractivity contribution >= 4 is 16.7 Å². The van der Waals surface area contributed by atoms with Crippen LogP contribution in [0, 0.1) is 0 Å². The van der Waals surface area contributed by atoms with Gasteiger partial charge in [-0.25, -0.2) is 0 Å². The first-order valence-electron chi connectivity index (χ1n) is 9.39. The molecule has 0 fully saturated rings. The van der Waals surface area contributed by atoms with Crippen LogP contribution in [-0.2, 0) is 11.2 Å². The summed E-state index contributed by atoms with van der Waals surface area (Å²) >= 11 is 0. The Balaban J connectivity index is 1.85. The average Bonchev–Trinajstić information content (AvgIpc) is 3.08. The van der Waals surface area contributed by atoms with E-state index in [9.17, 15) is 4.79 Å². The molecule has 0 bridgehead atoms. The first-order valence-corrected chi connectivity index (χ1v) is 9.39. The van der Waals surface area contributed by atoms with Gasteiger partial charge in [0.25, 0.3) is 0 Å². The Kier molecular flexibility index (Phi) is 5.89. The van der Waals surface area contributed by atoms with Crippen LogP contribution in [0.2, 0.25) is 0 Å². The largest absolute Gasteiger partial charge is 0.361 e. The van der Waals surface area contributed by atoms with Crippen LogP contribution in [-0.4, -0.2) is 35.8 Å². The zero-order valence-corrected chi connectivity index (χ0v) is 15.9. The quantitative estimate of drug-likeness (QED) is 0.635. The van der Waals surface area contributed by atoms with Gasteiger partial charge in [-0.05, 0) is 44.1 Å². The molecule has 0 saturated carbocycles. The molecule has 3 rings (SSSR count). The third-order valence-electron chi connectivity index (χ3n) is 5.31. The highest BCUT2D eigenvalue weighted by Gasteiger charge is 2.25. The molecule has 136 valence electrons. The minimum atomic E-state index is -0.0428. The van der Waals surface area contributed by atoms with Gasteiger partial charge in [-0.2, -0.15) is 0 Å². The first kappa shape index (κ1) is 18.4. The fraction of sp³-hybridized carbons (Fsp3) is 0.348. The molecule has 0 amide bonds. The van der Waals surface area contributed by atoms with Gasteiger partial charge < -0.3 is 9.88 Å². The number of fused-ring (bicyclic) bond motifs is 1. The highest BCUT2D eigenvalue weighted by atomic mass is 16.1. The fourth-order valence-electron chi connectivity index (χ4n) is 3.69. The number of carbonyl (C=O) groups excluding carboxylic acids is 1. The maximum absolute atomic E-state index is 12.7. The van der Waals surface area contributed by atoms with E-state index in [1.54, 1.807) is 0 Å². The van der Waals surface area contributed by atoms with E-state index in [1.807, 2.05) is 25.1 Å². The Bertz CT molecular complexity index is 851. The van der Waals surface area contributed by atoms with Crippen molar-refractivity contribution in [1.29, 1.82) is 0 Å². The van der Waals surface area contributed by atoms with Crippen LogP contribution in [0.1, 0.15) is 36.8 Å². The Morgan fingerprint density at radius 1 is 1.04 bits per heavy atom. The topological polar surface area (TPSA) is 36.1 Å². The number of para-hydroxylation sites is 1. The SMILES string of the molecule is CCC(=O)[C@@H](C[C@H](Cc1c[nH]c2ccccc12)N(C)C)c1ccccc1. The lowest BCUT2D eigenvalue weighted by Gasteiger charge is -2.28. The molecule has 0 radical (unpaired) electrons. The summed E-state index contributed by atoms with van der Waals surface area (Å²) in [5.74, 6) is 0.279. The summed E-state index contributed by atoms with van der Waals surface area (Å²) in [6.45, 7) is 1.96. The number of benzene rings is 2. The molecule has 26 heavy (non-hydrogen) atoms. The molecule has 0 unspecified atom stereocenters. The Labute approximate surface area is 156 Å². The molecule has 1 N–H and O–H groups in total. The van der Waals surface area contributed by atoms with Crippen LogP contribution in [0.15, 0.2) is 60.8 Å². The predicted molar refractivity (Wildman–Crippen MR) is 109 cm³/mol. The molecule has 3 nitrogen and oxygen atoms in total. The van der Waals surface area contributed by atoms with E-state index in [-0.39, 0.29) is 5.92 Å². The fourth-order valence-corrected chi connectivity index (χ4v) is 3.69. The summed E-state index contributed by atoms with van der Waals surface area (Å²) in [5, 5.41) is 1.28. The van der Waals surface area contributed by atoms with Gasteiger partial charge in [0, 0.05) is 35.5 Å². The maximum atomic E-state index is 12.7. The number of ketones is 1. The van der Waals surface area contributed by atoms with Crippen LogP contribution in [0.4, 0.5) is 0 Å². The van der Waals surface area contributed by atoms with Crippen molar-refractivity contribution in [2.24, 2.45) is 0 Å². The highest BCUT2D eigenvalue weighted by molar-refractivity contribution is 5.85. The molecule has 1 aromatic heterocycles. The van der Waals surface area contributed by atoms with Gasteiger partial charge in [0.05, 0.1) is 0 Å². The maximum Gasteiger partial charge on any atom is 0.140 e. The zero-order chi connectivity index (χ0) is 18.5. The van der Waals surface area contributed by atoms with E-state index >= 15 is 0 Å². The molecule has 0 aliphatic rings. The van der Waals surface area contributed by atoms with Crippen LogP contribution < -0.4 is 0 Å². The second-order valence-electron chi connectivity index (χ2n) is 7.20. The van der Waals surface area contributed by atoms with Crippen molar-refractivity contribution in [3.8, 4) is 0 Å². The monoisotopic (exact) mass is 348 g/mol. The molecule has 2 aromatic carbocycles.